The third-order valence-corrected chi connectivity index (χ3v) is 2.88. The van der Waals surface area contributed by atoms with Gasteiger partial charge in [0.25, 0.3) is 0 Å². The average molecular weight is 295 g/mol. The van der Waals surface area contributed by atoms with Crippen LogP contribution in [0, 0.1) is 5.82 Å². The van der Waals surface area contributed by atoms with Gasteiger partial charge in [-0.15, -0.1) is 0 Å². The second kappa shape index (κ2) is 6.45. The highest BCUT2D eigenvalue weighted by Crippen LogP contribution is 2.19. The first-order valence-electron chi connectivity index (χ1n) is 5.89. The fourth-order valence-electron chi connectivity index (χ4n) is 1.62. The van der Waals surface area contributed by atoms with Gasteiger partial charge in [-0.05, 0) is 29.8 Å². The summed E-state index contributed by atoms with van der Waals surface area (Å²) >= 11 is 5.74. The van der Waals surface area contributed by atoms with E-state index in [-0.39, 0.29) is 12.2 Å². The predicted octanol–water partition coefficient (Wildman–Crippen LogP) is 2.94. The van der Waals surface area contributed by atoms with Crippen LogP contribution in [0.5, 0.6) is 0 Å². The summed E-state index contributed by atoms with van der Waals surface area (Å²) in [6.07, 6.45) is -0.0564. The van der Waals surface area contributed by atoms with Gasteiger partial charge in [0, 0.05) is 5.02 Å². The molecule has 1 atom stereocenters. The Morgan fingerprint density at radius 1 is 1.30 bits per heavy atom. The van der Waals surface area contributed by atoms with E-state index < -0.39 is 17.8 Å². The first-order chi connectivity index (χ1) is 9.54. The van der Waals surface area contributed by atoms with Crippen LogP contribution in [0.1, 0.15) is 18.1 Å². The molecule has 1 aromatic carbocycles. The lowest BCUT2D eigenvalue weighted by Gasteiger charge is -2.11. The van der Waals surface area contributed by atoms with Gasteiger partial charge in [-0.2, -0.15) is 0 Å². The highest BCUT2D eigenvalue weighted by Gasteiger charge is 2.13. The Labute approximate surface area is 120 Å². The molecule has 4 nitrogen and oxygen atoms in total. The number of aliphatic hydroxyl groups excluding tert-OH is 1. The summed E-state index contributed by atoms with van der Waals surface area (Å²) in [5.41, 5.74) is 0.594. The molecule has 1 aromatic heterocycles. The van der Waals surface area contributed by atoms with Gasteiger partial charge in [0.05, 0.1) is 18.7 Å². The summed E-state index contributed by atoms with van der Waals surface area (Å²) in [6.45, 7) is 0. The number of hydrogen-bond donors (Lipinski definition) is 2. The van der Waals surface area contributed by atoms with Crippen LogP contribution in [-0.2, 0) is 4.79 Å². The van der Waals surface area contributed by atoms with E-state index in [1.165, 1.54) is 12.1 Å². The van der Waals surface area contributed by atoms with Crippen LogP contribution in [0.15, 0.2) is 42.6 Å². The SMILES string of the molecule is O=C(CC(O)c1ccc(Cl)cc1)Nc1ccc(F)cn1. The van der Waals surface area contributed by atoms with Crippen LogP contribution in [0.4, 0.5) is 10.2 Å². The molecule has 6 heteroatoms. The zero-order valence-corrected chi connectivity index (χ0v) is 11.1. The number of hydrogen-bond acceptors (Lipinski definition) is 3. The van der Waals surface area contributed by atoms with E-state index in [4.69, 9.17) is 11.6 Å². The van der Waals surface area contributed by atoms with Gasteiger partial charge in [0.1, 0.15) is 11.6 Å². The lowest BCUT2D eigenvalue weighted by molar-refractivity contribution is -0.118. The Balaban J connectivity index is 1.93. The number of carbonyl (C=O) groups is 1. The van der Waals surface area contributed by atoms with Crippen molar-refractivity contribution in [3.8, 4) is 0 Å². The Bertz CT molecular complexity index is 587. The first kappa shape index (κ1) is 14.4. The van der Waals surface area contributed by atoms with Crippen LogP contribution in [0.2, 0.25) is 5.02 Å². The van der Waals surface area contributed by atoms with E-state index in [1.807, 2.05) is 0 Å². The summed E-state index contributed by atoms with van der Waals surface area (Å²) in [6, 6.07) is 9.12. The predicted molar refractivity (Wildman–Crippen MR) is 73.9 cm³/mol. The van der Waals surface area contributed by atoms with Crippen molar-refractivity contribution in [2.75, 3.05) is 5.32 Å². The number of aliphatic hydroxyl groups is 1. The number of benzene rings is 1. The minimum Gasteiger partial charge on any atom is -0.388 e. The smallest absolute Gasteiger partial charge is 0.228 e. The molecule has 0 saturated heterocycles. The van der Waals surface area contributed by atoms with E-state index in [0.29, 0.717) is 10.6 Å². The molecule has 0 saturated carbocycles. The standard InChI is InChI=1S/C14H12ClFN2O2/c15-10-3-1-9(2-4-10)12(19)7-14(20)18-13-6-5-11(16)8-17-13/h1-6,8,12,19H,7H2,(H,17,18,20). The highest BCUT2D eigenvalue weighted by atomic mass is 35.5. The fourth-order valence-corrected chi connectivity index (χ4v) is 1.75. The zero-order chi connectivity index (χ0) is 14.5. The minimum atomic E-state index is -0.937. The maximum Gasteiger partial charge on any atom is 0.228 e. The van der Waals surface area contributed by atoms with E-state index in [2.05, 4.69) is 10.3 Å². The lowest BCUT2D eigenvalue weighted by atomic mass is 10.1. The Hall–Kier alpha value is -1.98. The molecule has 0 aliphatic carbocycles. The second-order valence-corrected chi connectivity index (χ2v) is 4.62. The molecule has 0 radical (unpaired) electrons. The molecule has 0 fully saturated rings. The maximum atomic E-state index is 12.7. The second-order valence-electron chi connectivity index (χ2n) is 4.18. The molecular weight excluding hydrogens is 283 g/mol. The molecular formula is C14H12ClFN2O2. The first-order valence-corrected chi connectivity index (χ1v) is 6.27. The number of pyridine rings is 1. The highest BCUT2D eigenvalue weighted by molar-refractivity contribution is 6.30. The molecule has 0 aliphatic heterocycles. The Kier molecular flexibility index (Phi) is 4.65. The minimum absolute atomic E-state index is 0.124. The average Bonchev–Trinajstić information content (AvgIpc) is 2.42. The number of rotatable bonds is 4. The normalized spacial score (nSPS) is 11.9. The largest absolute Gasteiger partial charge is 0.388 e. The van der Waals surface area contributed by atoms with Gasteiger partial charge in [0.2, 0.25) is 5.91 Å². The van der Waals surface area contributed by atoms with Crippen LogP contribution >= 0.6 is 11.6 Å². The van der Waals surface area contributed by atoms with Crippen molar-refractivity contribution in [2.45, 2.75) is 12.5 Å². The van der Waals surface area contributed by atoms with Gasteiger partial charge in [-0.25, -0.2) is 9.37 Å². The fraction of sp³-hybridized carbons (Fsp3) is 0.143. The molecule has 1 heterocycles. The van der Waals surface area contributed by atoms with Crippen molar-refractivity contribution in [1.29, 1.82) is 0 Å². The summed E-state index contributed by atoms with van der Waals surface area (Å²) in [7, 11) is 0. The topological polar surface area (TPSA) is 62.2 Å². The van der Waals surface area contributed by atoms with Gasteiger partial charge in [0.15, 0.2) is 0 Å². The van der Waals surface area contributed by atoms with Crippen LogP contribution in [0.25, 0.3) is 0 Å². The zero-order valence-electron chi connectivity index (χ0n) is 10.4. The van der Waals surface area contributed by atoms with Gasteiger partial charge in [-0.3, -0.25) is 4.79 Å². The molecule has 0 spiro atoms. The van der Waals surface area contributed by atoms with E-state index in [0.717, 1.165) is 6.20 Å². The monoisotopic (exact) mass is 294 g/mol. The lowest BCUT2D eigenvalue weighted by Crippen LogP contribution is -2.16. The van der Waals surface area contributed by atoms with E-state index in [1.54, 1.807) is 24.3 Å². The molecule has 104 valence electrons. The van der Waals surface area contributed by atoms with Crippen LogP contribution in [-0.4, -0.2) is 16.0 Å². The van der Waals surface area contributed by atoms with Gasteiger partial charge in [-0.1, -0.05) is 23.7 Å². The van der Waals surface area contributed by atoms with Crippen molar-refractivity contribution >= 4 is 23.3 Å². The Morgan fingerprint density at radius 3 is 2.60 bits per heavy atom. The van der Waals surface area contributed by atoms with Crippen molar-refractivity contribution in [2.24, 2.45) is 0 Å². The van der Waals surface area contributed by atoms with Crippen molar-refractivity contribution in [3.63, 3.8) is 0 Å². The number of carbonyl (C=O) groups excluding carboxylic acids is 1. The molecule has 1 unspecified atom stereocenters. The number of amides is 1. The summed E-state index contributed by atoms with van der Waals surface area (Å²) in [5, 5.41) is 13.0. The number of nitrogens with zero attached hydrogens (tertiary/aromatic N) is 1. The summed E-state index contributed by atoms with van der Waals surface area (Å²) in [5.74, 6) is -0.657. The molecule has 2 N–H and O–H groups in total. The number of anilines is 1. The number of aromatic nitrogens is 1. The van der Waals surface area contributed by atoms with Gasteiger partial charge >= 0.3 is 0 Å². The number of nitrogens with one attached hydrogen (secondary N) is 1. The summed E-state index contributed by atoms with van der Waals surface area (Å²) in [4.78, 5) is 15.4. The van der Waals surface area contributed by atoms with Crippen molar-refractivity contribution in [3.05, 3.63) is 59.0 Å². The molecule has 0 aliphatic rings. The Morgan fingerprint density at radius 2 is 2.00 bits per heavy atom. The molecule has 1 amide bonds. The molecule has 20 heavy (non-hydrogen) atoms. The maximum absolute atomic E-state index is 12.7. The van der Waals surface area contributed by atoms with E-state index >= 15 is 0 Å². The molecule has 2 rings (SSSR count). The van der Waals surface area contributed by atoms with E-state index in [9.17, 15) is 14.3 Å². The third-order valence-electron chi connectivity index (χ3n) is 2.63. The van der Waals surface area contributed by atoms with Crippen LogP contribution in [0.3, 0.4) is 0 Å². The van der Waals surface area contributed by atoms with Gasteiger partial charge < -0.3 is 10.4 Å². The molecule has 0 bridgehead atoms. The quantitative estimate of drug-likeness (QED) is 0.911. The van der Waals surface area contributed by atoms with Crippen molar-refractivity contribution < 1.29 is 14.3 Å². The van der Waals surface area contributed by atoms with Crippen LogP contribution < -0.4 is 5.32 Å². The number of halogens is 2. The molecule has 2 aromatic rings. The third kappa shape index (κ3) is 4.01. The summed E-state index contributed by atoms with van der Waals surface area (Å²) < 4.78 is 12.7. The van der Waals surface area contributed by atoms with Crippen molar-refractivity contribution in [1.82, 2.24) is 4.98 Å².